The van der Waals surface area contributed by atoms with Gasteiger partial charge in [-0.2, -0.15) is 0 Å². The summed E-state index contributed by atoms with van der Waals surface area (Å²) < 4.78 is 6.80. The molecule has 3 nitrogen and oxygen atoms in total. The van der Waals surface area contributed by atoms with Crippen molar-refractivity contribution in [3.8, 4) is 5.75 Å². The molecule has 2 aromatic rings. The maximum absolute atomic E-state index is 5.79. The van der Waals surface area contributed by atoms with Gasteiger partial charge in [-0.1, -0.05) is 18.2 Å². The summed E-state index contributed by atoms with van der Waals surface area (Å²) in [6.07, 6.45) is 1.85. The monoisotopic (exact) mass is 318 g/mol. The standard InChI is InChI=1S/C15H15BrN2O/c1-11-8-13(16)9-17-15(11)18-6-7-19-14-5-3-2-4-12(14)10-18/h2-5,8-9H,6-7,10H2,1H3. The van der Waals surface area contributed by atoms with E-state index in [9.17, 15) is 0 Å². The molecule has 0 N–H and O–H groups in total. The molecule has 19 heavy (non-hydrogen) atoms. The van der Waals surface area contributed by atoms with E-state index >= 15 is 0 Å². The smallest absolute Gasteiger partial charge is 0.131 e. The number of anilines is 1. The van der Waals surface area contributed by atoms with Crippen LogP contribution >= 0.6 is 15.9 Å². The van der Waals surface area contributed by atoms with Crippen LogP contribution in [0.4, 0.5) is 5.82 Å². The molecule has 0 fully saturated rings. The number of hydrogen-bond donors (Lipinski definition) is 0. The van der Waals surface area contributed by atoms with Crippen LogP contribution in [-0.2, 0) is 6.54 Å². The molecular formula is C15H15BrN2O. The second kappa shape index (κ2) is 5.21. The second-order valence-corrected chi connectivity index (χ2v) is 5.59. The van der Waals surface area contributed by atoms with Gasteiger partial charge in [0.05, 0.1) is 6.54 Å². The Hall–Kier alpha value is -1.55. The first-order chi connectivity index (χ1) is 9.24. The Morgan fingerprint density at radius 1 is 1.32 bits per heavy atom. The van der Waals surface area contributed by atoms with Crippen molar-refractivity contribution in [1.82, 2.24) is 4.98 Å². The van der Waals surface area contributed by atoms with Crippen LogP contribution in [0.3, 0.4) is 0 Å². The molecule has 0 aliphatic carbocycles. The fourth-order valence-electron chi connectivity index (χ4n) is 2.37. The summed E-state index contributed by atoms with van der Waals surface area (Å²) in [5.74, 6) is 2.02. The maximum atomic E-state index is 5.79. The molecule has 98 valence electrons. The van der Waals surface area contributed by atoms with Gasteiger partial charge in [0.15, 0.2) is 0 Å². The first-order valence-electron chi connectivity index (χ1n) is 6.32. The Bertz CT molecular complexity index is 600. The lowest BCUT2D eigenvalue weighted by Crippen LogP contribution is -2.26. The number of pyridine rings is 1. The van der Waals surface area contributed by atoms with Gasteiger partial charge < -0.3 is 9.64 Å². The van der Waals surface area contributed by atoms with Crippen molar-refractivity contribution in [2.75, 3.05) is 18.1 Å². The third-order valence-electron chi connectivity index (χ3n) is 3.27. The normalized spacial score (nSPS) is 14.5. The molecule has 0 spiro atoms. The van der Waals surface area contributed by atoms with Gasteiger partial charge in [0.1, 0.15) is 18.2 Å². The van der Waals surface area contributed by atoms with Crippen LogP contribution in [0, 0.1) is 6.92 Å². The molecule has 4 heteroatoms. The summed E-state index contributed by atoms with van der Waals surface area (Å²) in [7, 11) is 0. The molecule has 0 unspecified atom stereocenters. The maximum Gasteiger partial charge on any atom is 0.131 e. The molecule has 0 bridgehead atoms. The Labute approximate surface area is 121 Å². The van der Waals surface area contributed by atoms with E-state index in [2.05, 4.69) is 44.9 Å². The zero-order valence-corrected chi connectivity index (χ0v) is 12.4. The zero-order chi connectivity index (χ0) is 13.2. The third-order valence-corrected chi connectivity index (χ3v) is 3.70. The molecule has 0 amide bonds. The summed E-state index contributed by atoms with van der Waals surface area (Å²) in [5.41, 5.74) is 2.39. The first kappa shape index (κ1) is 12.5. The topological polar surface area (TPSA) is 25.4 Å². The summed E-state index contributed by atoms with van der Waals surface area (Å²) >= 11 is 3.46. The highest BCUT2D eigenvalue weighted by molar-refractivity contribution is 9.10. The zero-order valence-electron chi connectivity index (χ0n) is 10.8. The van der Waals surface area contributed by atoms with Crippen molar-refractivity contribution in [2.24, 2.45) is 0 Å². The number of halogens is 1. The molecular weight excluding hydrogens is 304 g/mol. The largest absolute Gasteiger partial charge is 0.491 e. The van der Waals surface area contributed by atoms with Crippen molar-refractivity contribution in [3.05, 3.63) is 52.1 Å². The summed E-state index contributed by atoms with van der Waals surface area (Å²) in [6.45, 7) is 4.47. The van der Waals surface area contributed by atoms with E-state index in [0.717, 1.165) is 29.1 Å². The van der Waals surface area contributed by atoms with Gasteiger partial charge in [0.25, 0.3) is 0 Å². The molecule has 1 aromatic heterocycles. The van der Waals surface area contributed by atoms with Gasteiger partial charge >= 0.3 is 0 Å². The van der Waals surface area contributed by atoms with Gasteiger partial charge in [-0.15, -0.1) is 0 Å². The highest BCUT2D eigenvalue weighted by Gasteiger charge is 2.17. The lowest BCUT2D eigenvalue weighted by Gasteiger charge is -2.22. The first-order valence-corrected chi connectivity index (χ1v) is 7.11. The van der Waals surface area contributed by atoms with Gasteiger partial charge in [-0.25, -0.2) is 4.98 Å². The summed E-state index contributed by atoms with van der Waals surface area (Å²) in [6, 6.07) is 10.3. The van der Waals surface area contributed by atoms with Gasteiger partial charge in [-0.3, -0.25) is 0 Å². The average Bonchev–Trinajstić information content (AvgIpc) is 2.60. The van der Waals surface area contributed by atoms with Crippen LogP contribution in [0.5, 0.6) is 5.75 Å². The van der Waals surface area contributed by atoms with E-state index < -0.39 is 0 Å². The van der Waals surface area contributed by atoms with Crippen LogP contribution in [0.1, 0.15) is 11.1 Å². The number of rotatable bonds is 1. The molecule has 1 aliphatic heterocycles. The minimum absolute atomic E-state index is 0.689. The molecule has 2 heterocycles. The van der Waals surface area contributed by atoms with Crippen LogP contribution in [-0.4, -0.2) is 18.1 Å². The van der Waals surface area contributed by atoms with Crippen LogP contribution < -0.4 is 9.64 Å². The van der Waals surface area contributed by atoms with Crippen molar-refractivity contribution in [1.29, 1.82) is 0 Å². The van der Waals surface area contributed by atoms with E-state index in [1.807, 2.05) is 24.4 Å². The number of fused-ring (bicyclic) bond motifs is 1. The predicted molar refractivity (Wildman–Crippen MR) is 79.7 cm³/mol. The van der Waals surface area contributed by atoms with E-state index in [-0.39, 0.29) is 0 Å². The van der Waals surface area contributed by atoms with Gasteiger partial charge in [0, 0.05) is 22.8 Å². The molecule has 1 aliphatic rings. The highest BCUT2D eigenvalue weighted by atomic mass is 79.9. The fraction of sp³-hybridized carbons (Fsp3) is 0.267. The van der Waals surface area contributed by atoms with Crippen molar-refractivity contribution in [2.45, 2.75) is 13.5 Å². The molecule has 0 atom stereocenters. The van der Waals surface area contributed by atoms with E-state index in [1.54, 1.807) is 0 Å². The number of ether oxygens (including phenoxy) is 1. The predicted octanol–water partition coefficient (Wildman–Crippen LogP) is 3.55. The molecule has 1 aromatic carbocycles. The fourth-order valence-corrected chi connectivity index (χ4v) is 2.82. The summed E-state index contributed by atoms with van der Waals surface area (Å²) in [4.78, 5) is 6.81. The average molecular weight is 319 g/mol. The summed E-state index contributed by atoms with van der Waals surface area (Å²) in [5, 5.41) is 0. The number of aromatic nitrogens is 1. The Kier molecular flexibility index (Phi) is 3.42. The number of benzene rings is 1. The van der Waals surface area contributed by atoms with Gasteiger partial charge in [-0.05, 0) is 40.5 Å². The van der Waals surface area contributed by atoms with E-state index in [4.69, 9.17) is 4.74 Å². The van der Waals surface area contributed by atoms with E-state index in [1.165, 1.54) is 11.1 Å². The van der Waals surface area contributed by atoms with Crippen molar-refractivity contribution in [3.63, 3.8) is 0 Å². The minimum atomic E-state index is 0.689. The molecule has 3 rings (SSSR count). The Morgan fingerprint density at radius 3 is 3.00 bits per heavy atom. The quantitative estimate of drug-likeness (QED) is 0.804. The van der Waals surface area contributed by atoms with Gasteiger partial charge in [0.2, 0.25) is 0 Å². The lowest BCUT2D eigenvalue weighted by molar-refractivity contribution is 0.331. The number of para-hydroxylation sites is 1. The van der Waals surface area contributed by atoms with Crippen LogP contribution in [0.25, 0.3) is 0 Å². The number of aryl methyl sites for hydroxylation is 1. The Balaban J connectivity index is 1.94. The van der Waals surface area contributed by atoms with Crippen LogP contribution in [0.15, 0.2) is 41.0 Å². The molecule has 0 radical (unpaired) electrons. The van der Waals surface area contributed by atoms with Crippen molar-refractivity contribution < 1.29 is 4.74 Å². The highest BCUT2D eigenvalue weighted by Crippen LogP contribution is 2.27. The van der Waals surface area contributed by atoms with E-state index in [0.29, 0.717) is 6.61 Å². The molecule has 0 saturated heterocycles. The SMILES string of the molecule is Cc1cc(Br)cnc1N1CCOc2ccccc2C1. The minimum Gasteiger partial charge on any atom is -0.491 e. The second-order valence-electron chi connectivity index (χ2n) is 4.67. The van der Waals surface area contributed by atoms with Crippen molar-refractivity contribution >= 4 is 21.7 Å². The number of nitrogens with zero attached hydrogens (tertiary/aromatic N) is 2. The number of hydrogen-bond acceptors (Lipinski definition) is 3. The molecule has 0 saturated carbocycles. The Morgan fingerprint density at radius 2 is 2.16 bits per heavy atom. The third kappa shape index (κ3) is 2.59. The lowest BCUT2D eigenvalue weighted by atomic mass is 10.2. The van der Waals surface area contributed by atoms with Crippen LogP contribution in [0.2, 0.25) is 0 Å².